The van der Waals surface area contributed by atoms with Gasteiger partial charge in [-0.2, -0.15) is 0 Å². The maximum absolute atomic E-state index is 12.5. The Bertz CT molecular complexity index is 906. The Kier molecular flexibility index (Phi) is 3.61. The van der Waals surface area contributed by atoms with Gasteiger partial charge in [-0.25, -0.2) is 4.98 Å². The van der Waals surface area contributed by atoms with Gasteiger partial charge in [0, 0.05) is 17.7 Å². The van der Waals surface area contributed by atoms with Crippen molar-refractivity contribution < 1.29 is 14.3 Å². The lowest BCUT2D eigenvalue weighted by Gasteiger charge is -2.17. The minimum Gasteiger partial charge on any atom is -0.486 e. The van der Waals surface area contributed by atoms with E-state index in [9.17, 15) is 4.79 Å². The van der Waals surface area contributed by atoms with Crippen LogP contribution in [0.5, 0.6) is 11.5 Å². The first kappa shape index (κ1) is 15.0. The Balaban J connectivity index is 1.64. The van der Waals surface area contributed by atoms with E-state index in [1.165, 1.54) is 11.3 Å². The summed E-state index contributed by atoms with van der Waals surface area (Å²) in [7, 11) is 0. The molecule has 1 aliphatic rings. The summed E-state index contributed by atoms with van der Waals surface area (Å²) >= 11 is 1.42. The van der Waals surface area contributed by atoms with Crippen LogP contribution in [0, 0.1) is 13.8 Å². The SMILES string of the molecule is Cc1ccc(C)c(C(=O)Nc2nc3cc4c(cc3s2)OCCO4)c1. The number of hydrogen-bond acceptors (Lipinski definition) is 5. The molecule has 1 aliphatic heterocycles. The maximum Gasteiger partial charge on any atom is 0.257 e. The van der Waals surface area contributed by atoms with Crippen LogP contribution in [-0.4, -0.2) is 24.1 Å². The third kappa shape index (κ3) is 2.69. The van der Waals surface area contributed by atoms with E-state index in [4.69, 9.17) is 9.47 Å². The highest BCUT2D eigenvalue weighted by Gasteiger charge is 2.17. The molecule has 5 nitrogen and oxygen atoms in total. The molecular formula is C18H16N2O3S. The van der Waals surface area contributed by atoms with E-state index in [-0.39, 0.29) is 5.91 Å². The van der Waals surface area contributed by atoms with Gasteiger partial charge >= 0.3 is 0 Å². The number of ether oxygens (including phenoxy) is 2. The molecule has 2 aromatic carbocycles. The van der Waals surface area contributed by atoms with Crippen molar-refractivity contribution in [2.75, 3.05) is 18.5 Å². The van der Waals surface area contributed by atoms with Crippen molar-refractivity contribution in [3.8, 4) is 11.5 Å². The van der Waals surface area contributed by atoms with Gasteiger partial charge < -0.3 is 9.47 Å². The molecule has 0 radical (unpaired) electrons. The summed E-state index contributed by atoms with van der Waals surface area (Å²) in [5.74, 6) is 1.28. The largest absolute Gasteiger partial charge is 0.486 e. The zero-order valence-corrected chi connectivity index (χ0v) is 14.2. The molecule has 0 unspecified atom stereocenters. The number of hydrogen-bond donors (Lipinski definition) is 1. The molecule has 2 heterocycles. The van der Waals surface area contributed by atoms with Crippen molar-refractivity contribution >= 4 is 32.6 Å². The van der Waals surface area contributed by atoms with Crippen molar-refractivity contribution in [2.24, 2.45) is 0 Å². The van der Waals surface area contributed by atoms with Crippen LogP contribution in [0.1, 0.15) is 21.5 Å². The lowest BCUT2D eigenvalue weighted by Crippen LogP contribution is -2.15. The van der Waals surface area contributed by atoms with Crippen LogP contribution in [0.25, 0.3) is 10.2 Å². The third-order valence-corrected chi connectivity index (χ3v) is 4.84. The predicted molar refractivity (Wildman–Crippen MR) is 94.5 cm³/mol. The highest BCUT2D eigenvalue weighted by atomic mass is 32.1. The van der Waals surface area contributed by atoms with Gasteiger partial charge in [-0.3, -0.25) is 10.1 Å². The van der Waals surface area contributed by atoms with Crippen molar-refractivity contribution in [1.29, 1.82) is 0 Å². The lowest BCUT2D eigenvalue weighted by atomic mass is 10.1. The molecule has 6 heteroatoms. The second-order valence-electron chi connectivity index (χ2n) is 5.76. The van der Waals surface area contributed by atoms with Crippen molar-refractivity contribution in [3.63, 3.8) is 0 Å². The Morgan fingerprint density at radius 2 is 1.88 bits per heavy atom. The fraction of sp³-hybridized carbons (Fsp3) is 0.222. The summed E-state index contributed by atoms with van der Waals surface area (Å²) in [4.78, 5) is 17.0. The minimum absolute atomic E-state index is 0.146. The number of rotatable bonds is 2. The molecule has 0 bridgehead atoms. The molecule has 4 rings (SSSR count). The van der Waals surface area contributed by atoms with Crippen LogP contribution >= 0.6 is 11.3 Å². The number of benzene rings is 2. The molecule has 0 spiro atoms. The first-order chi connectivity index (χ1) is 11.6. The number of anilines is 1. The van der Waals surface area contributed by atoms with Crippen LogP contribution in [0.4, 0.5) is 5.13 Å². The Morgan fingerprint density at radius 3 is 2.67 bits per heavy atom. The first-order valence-electron chi connectivity index (χ1n) is 7.69. The topological polar surface area (TPSA) is 60.5 Å². The van der Waals surface area contributed by atoms with Gasteiger partial charge in [0.15, 0.2) is 16.6 Å². The molecule has 1 amide bonds. The molecule has 0 saturated carbocycles. The van der Waals surface area contributed by atoms with Gasteiger partial charge in [-0.05, 0) is 25.5 Å². The van der Waals surface area contributed by atoms with Gasteiger partial charge in [-0.15, -0.1) is 0 Å². The highest BCUT2D eigenvalue weighted by Crippen LogP contribution is 2.37. The van der Waals surface area contributed by atoms with Gasteiger partial charge in [0.05, 0.1) is 10.2 Å². The zero-order valence-electron chi connectivity index (χ0n) is 13.4. The van der Waals surface area contributed by atoms with Gasteiger partial charge in [0.1, 0.15) is 13.2 Å². The summed E-state index contributed by atoms with van der Waals surface area (Å²) < 4.78 is 12.1. The molecule has 1 N–H and O–H groups in total. The van der Waals surface area contributed by atoms with Crippen molar-refractivity contribution in [2.45, 2.75) is 13.8 Å². The van der Waals surface area contributed by atoms with Crippen LogP contribution in [0.15, 0.2) is 30.3 Å². The molecule has 0 saturated heterocycles. The second kappa shape index (κ2) is 5.79. The summed E-state index contributed by atoms with van der Waals surface area (Å²) in [6.07, 6.45) is 0. The second-order valence-corrected chi connectivity index (χ2v) is 6.79. The van der Waals surface area contributed by atoms with Crippen LogP contribution < -0.4 is 14.8 Å². The number of aromatic nitrogens is 1. The average molecular weight is 340 g/mol. The number of nitrogens with zero attached hydrogens (tertiary/aromatic N) is 1. The van der Waals surface area contributed by atoms with Gasteiger partial charge in [0.25, 0.3) is 5.91 Å². The van der Waals surface area contributed by atoms with Crippen LogP contribution in [-0.2, 0) is 0 Å². The summed E-state index contributed by atoms with van der Waals surface area (Å²) in [5, 5.41) is 3.46. The highest BCUT2D eigenvalue weighted by molar-refractivity contribution is 7.22. The summed E-state index contributed by atoms with van der Waals surface area (Å²) in [6, 6.07) is 9.60. The molecule has 0 aliphatic carbocycles. The smallest absolute Gasteiger partial charge is 0.257 e. The standard InChI is InChI=1S/C18H16N2O3S/c1-10-3-4-11(2)12(7-10)17(21)20-18-19-13-8-14-15(9-16(13)24-18)23-6-5-22-14/h3-4,7-9H,5-6H2,1-2H3,(H,19,20,21). The van der Waals surface area contributed by atoms with E-state index in [0.29, 0.717) is 29.7 Å². The monoisotopic (exact) mass is 340 g/mol. The number of aryl methyl sites for hydroxylation is 2. The molecule has 122 valence electrons. The Labute approximate surface area is 143 Å². The van der Waals surface area contributed by atoms with E-state index in [1.807, 2.05) is 44.2 Å². The van der Waals surface area contributed by atoms with Crippen LogP contribution in [0.2, 0.25) is 0 Å². The molecular weight excluding hydrogens is 324 g/mol. The number of nitrogens with one attached hydrogen (secondary N) is 1. The lowest BCUT2D eigenvalue weighted by molar-refractivity contribution is 0.102. The maximum atomic E-state index is 12.5. The fourth-order valence-electron chi connectivity index (χ4n) is 2.66. The van der Waals surface area contributed by atoms with Crippen molar-refractivity contribution in [1.82, 2.24) is 4.98 Å². The van der Waals surface area contributed by atoms with Crippen molar-refractivity contribution in [3.05, 3.63) is 47.0 Å². The molecule has 0 fully saturated rings. The number of carbonyl (C=O) groups is 1. The van der Waals surface area contributed by atoms with Gasteiger partial charge in [-0.1, -0.05) is 29.0 Å². The predicted octanol–water partition coefficient (Wildman–Crippen LogP) is 3.94. The summed E-state index contributed by atoms with van der Waals surface area (Å²) in [5.41, 5.74) is 3.45. The number of fused-ring (bicyclic) bond motifs is 2. The number of carbonyl (C=O) groups excluding carboxylic acids is 1. The van der Waals surface area contributed by atoms with Gasteiger partial charge in [0.2, 0.25) is 0 Å². The van der Waals surface area contributed by atoms with E-state index in [1.54, 1.807) is 0 Å². The molecule has 1 aromatic heterocycles. The zero-order chi connectivity index (χ0) is 16.7. The minimum atomic E-state index is -0.146. The van der Waals surface area contributed by atoms with E-state index in [0.717, 1.165) is 27.1 Å². The van der Waals surface area contributed by atoms with E-state index < -0.39 is 0 Å². The third-order valence-electron chi connectivity index (χ3n) is 3.91. The molecule has 24 heavy (non-hydrogen) atoms. The molecule has 3 aromatic rings. The first-order valence-corrected chi connectivity index (χ1v) is 8.50. The normalized spacial score (nSPS) is 13.1. The summed E-state index contributed by atoms with van der Waals surface area (Å²) in [6.45, 7) is 4.99. The van der Waals surface area contributed by atoms with E-state index >= 15 is 0 Å². The fourth-order valence-corrected chi connectivity index (χ4v) is 3.53. The average Bonchev–Trinajstić information content (AvgIpc) is 2.95. The quantitative estimate of drug-likeness (QED) is 0.768. The molecule has 0 atom stereocenters. The van der Waals surface area contributed by atoms with E-state index in [2.05, 4.69) is 10.3 Å². The Hall–Kier alpha value is -2.60. The Morgan fingerprint density at radius 1 is 1.12 bits per heavy atom. The number of thiazole rings is 1. The number of amides is 1. The van der Waals surface area contributed by atoms with Crippen LogP contribution in [0.3, 0.4) is 0 Å².